The van der Waals surface area contributed by atoms with Crippen LogP contribution in [0.1, 0.15) is 0 Å². The van der Waals surface area contributed by atoms with E-state index < -0.39 is 0 Å². The predicted octanol–water partition coefficient (Wildman–Crippen LogP) is 4.75. The summed E-state index contributed by atoms with van der Waals surface area (Å²) in [4.78, 5) is 0.321. The van der Waals surface area contributed by atoms with Crippen molar-refractivity contribution in [1.82, 2.24) is 0 Å². The molecule has 1 aromatic carbocycles. The maximum absolute atomic E-state index is 5.65. The van der Waals surface area contributed by atoms with E-state index in [1.807, 2.05) is 18.2 Å². The molecule has 78 valence electrons. The number of hydrogen-bond acceptors (Lipinski definition) is 1. The zero-order chi connectivity index (χ0) is 10.6. The van der Waals surface area contributed by atoms with Crippen molar-refractivity contribution in [2.75, 3.05) is 11.9 Å². The Morgan fingerprint density at radius 1 is 1.21 bits per heavy atom. The van der Waals surface area contributed by atoms with Crippen molar-refractivity contribution < 1.29 is 4.74 Å². The normalized spacial score (nSPS) is 12.6. The van der Waals surface area contributed by atoms with E-state index in [-0.39, 0.29) is 0 Å². The molecule has 1 nitrogen and oxygen atoms in total. The maximum Gasteiger partial charge on any atom is 0.147 e. The average Bonchev–Trinajstić information content (AvgIpc) is 2.16. The van der Waals surface area contributed by atoms with Gasteiger partial charge in [-0.25, -0.2) is 0 Å². The number of para-hydroxylation sites is 1. The van der Waals surface area contributed by atoms with Gasteiger partial charge in [0.15, 0.2) is 0 Å². The summed E-state index contributed by atoms with van der Waals surface area (Å²) in [7, 11) is 0. The summed E-state index contributed by atoms with van der Waals surface area (Å²) in [5.74, 6) is 0.845. The van der Waals surface area contributed by atoms with Crippen molar-refractivity contribution >= 4 is 63.7 Å². The van der Waals surface area contributed by atoms with Gasteiger partial charge in [-0.2, -0.15) is 0 Å². The van der Waals surface area contributed by atoms with E-state index in [1.165, 1.54) is 0 Å². The van der Waals surface area contributed by atoms with Gasteiger partial charge in [0.2, 0.25) is 0 Å². The third-order valence-corrected chi connectivity index (χ3v) is 4.98. The molecule has 0 aromatic heterocycles. The Morgan fingerprint density at radius 3 is 2.29 bits per heavy atom. The Kier molecular flexibility index (Phi) is 6.05. The number of ether oxygens (including phenoxy) is 1. The van der Waals surface area contributed by atoms with Gasteiger partial charge in [-0.15, -0.1) is 0 Å². The Hall–Kier alpha value is 0.940. The monoisotopic (exact) mass is 448 g/mol. The second-order valence-corrected chi connectivity index (χ2v) is 6.26. The molecule has 1 atom stereocenters. The van der Waals surface area contributed by atoms with Gasteiger partial charge in [-0.1, -0.05) is 37.9 Å². The molecular formula is C9H8Br4O. The Morgan fingerprint density at radius 2 is 1.79 bits per heavy atom. The van der Waals surface area contributed by atoms with Crippen LogP contribution in [-0.2, 0) is 0 Å². The van der Waals surface area contributed by atoms with Gasteiger partial charge in [0.1, 0.15) is 12.4 Å². The van der Waals surface area contributed by atoms with Crippen LogP contribution in [0.4, 0.5) is 0 Å². The van der Waals surface area contributed by atoms with Gasteiger partial charge in [-0.05, 0) is 44.0 Å². The molecule has 0 aliphatic heterocycles. The molecule has 5 heteroatoms. The summed E-state index contributed by atoms with van der Waals surface area (Å²) in [5, 5.41) is 0.870. The van der Waals surface area contributed by atoms with E-state index in [2.05, 4.69) is 63.7 Å². The molecule has 0 spiro atoms. The highest BCUT2D eigenvalue weighted by Gasteiger charge is 2.08. The lowest BCUT2D eigenvalue weighted by Crippen LogP contribution is -2.12. The van der Waals surface area contributed by atoms with Gasteiger partial charge in [0.25, 0.3) is 0 Å². The Balaban J connectivity index is 2.66. The Labute approximate surface area is 117 Å². The first-order valence-electron chi connectivity index (χ1n) is 3.92. The minimum absolute atomic E-state index is 0.321. The highest BCUT2D eigenvalue weighted by atomic mass is 79.9. The number of alkyl halides is 2. The summed E-state index contributed by atoms with van der Waals surface area (Å²) >= 11 is 13.7. The average molecular weight is 452 g/mol. The number of benzene rings is 1. The molecule has 0 fully saturated rings. The molecule has 0 amide bonds. The number of rotatable bonds is 4. The molecule has 0 heterocycles. The molecule has 0 radical (unpaired) electrons. The van der Waals surface area contributed by atoms with Crippen LogP contribution in [-0.4, -0.2) is 16.8 Å². The molecule has 0 saturated carbocycles. The van der Waals surface area contributed by atoms with Crippen LogP contribution in [0.5, 0.6) is 5.75 Å². The lowest BCUT2D eigenvalue weighted by Gasteiger charge is -2.12. The molecular weight excluding hydrogens is 444 g/mol. The lowest BCUT2D eigenvalue weighted by atomic mass is 10.3. The van der Waals surface area contributed by atoms with Crippen molar-refractivity contribution in [2.45, 2.75) is 4.83 Å². The van der Waals surface area contributed by atoms with Crippen LogP contribution < -0.4 is 4.74 Å². The molecule has 14 heavy (non-hydrogen) atoms. The first kappa shape index (κ1) is 13.0. The van der Waals surface area contributed by atoms with Crippen molar-refractivity contribution in [2.24, 2.45) is 0 Å². The minimum Gasteiger partial charge on any atom is -0.490 e. The van der Waals surface area contributed by atoms with E-state index in [0.717, 1.165) is 20.0 Å². The molecule has 0 N–H and O–H groups in total. The first-order chi connectivity index (χ1) is 6.65. The van der Waals surface area contributed by atoms with E-state index in [0.29, 0.717) is 11.4 Å². The third kappa shape index (κ3) is 3.83. The summed E-state index contributed by atoms with van der Waals surface area (Å²) < 4.78 is 7.57. The van der Waals surface area contributed by atoms with E-state index in [4.69, 9.17) is 4.74 Å². The van der Waals surface area contributed by atoms with E-state index in [1.54, 1.807) is 0 Å². The lowest BCUT2D eigenvalue weighted by molar-refractivity contribution is 0.321. The van der Waals surface area contributed by atoms with E-state index >= 15 is 0 Å². The standard InChI is InChI=1S/C9H8Br4O/c10-4-6(11)5-14-9-7(12)2-1-3-8(9)13/h1-3,6H,4-5H2. The fourth-order valence-corrected chi connectivity index (χ4v) is 2.39. The summed E-state index contributed by atoms with van der Waals surface area (Å²) in [5.41, 5.74) is 0. The molecule has 1 rings (SSSR count). The van der Waals surface area contributed by atoms with Crippen LogP contribution >= 0.6 is 63.7 Å². The molecule has 1 unspecified atom stereocenters. The van der Waals surface area contributed by atoms with Crippen LogP contribution in [0.25, 0.3) is 0 Å². The zero-order valence-electron chi connectivity index (χ0n) is 7.14. The minimum atomic E-state index is 0.321. The molecule has 0 saturated heterocycles. The molecule has 1 aromatic rings. The van der Waals surface area contributed by atoms with Crippen molar-refractivity contribution in [3.63, 3.8) is 0 Å². The van der Waals surface area contributed by atoms with Crippen molar-refractivity contribution in [3.8, 4) is 5.75 Å². The molecule has 0 bridgehead atoms. The fourth-order valence-electron chi connectivity index (χ4n) is 0.839. The fraction of sp³-hybridized carbons (Fsp3) is 0.333. The largest absolute Gasteiger partial charge is 0.490 e. The topological polar surface area (TPSA) is 9.23 Å². The van der Waals surface area contributed by atoms with Crippen molar-refractivity contribution in [3.05, 3.63) is 27.1 Å². The highest BCUT2D eigenvalue weighted by molar-refractivity contribution is 9.12. The SMILES string of the molecule is BrCC(Br)COc1c(Br)cccc1Br. The van der Waals surface area contributed by atoms with E-state index in [9.17, 15) is 0 Å². The molecule has 0 aliphatic rings. The van der Waals surface area contributed by atoms with Gasteiger partial charge < -0.3 is 4.74 Å². The van der Waals surface area contributed by atoms with Gasteiger partial charge in [0.05, 0.1) is 13.8 Å². The Bertz CT molecular complexity index is 283. The van der Waals surface area contributed by atoms with Gasteiger partial charge in [-0.3, -0.25) is 0 Å². The van der Waals surface area contributed by atoms with Gasteiger partial charge >= 0.3 is 0 Å². The van der Waals surface area contributed by atoms with Crippen molar-refractivity contribution in [1.29, 1.82) is 0 Å². The smallest absolute Gasteiger partial charge is 0.147 e. The second kappa shape index (κ2) is 6.51. The maximum atomic E-state index is 5.65. The summed E-state index contributed by atoms with van der Waals surface area (Å²) in [6.45, 7) is 0.631. The van der Waals surface area contributed by atoms with Crippen LogP contribution in [0, 0.1) is 0 Å². The number of halogens is 4. The van der Waals surface area contributed by atoms with Crippen LogP contribution in [0.2, 0.25) is 0 Å². The van der Waals surface area contributed by atoms with Crippen LogP contribution in [0.3, 0.4) is 0 Å². The quantitative estimate of drug-likeness (QED) is 0.600. The van der Waals surface area contributed by atoms with Gasteiger partial charge in [0, 0.05) is 5.33 Å². The first-order valence-corrected chi connectivity index (χ1v) is 7.54. The third-order valence-electron chi connectivity index (χ3n) is 1.49. The number of hydrogen-bond donors (Lipinski definition) is 0. The second-order valence-electron chi connectivity index (χ2n) is 2.61. The molecule has 0 aliphatic carbocycles. The predicted molar refractivity (Wildman–Crippen MR) is 73.8 cm³/mol. The highest BCUT2D eigenvalue weighted by Crippen LogP contribution is 2.33. The summed E-state index contributed by atoms with van der Waals surface area (Å²) in [6, 6.07) is 5.87. The van der Waals surface area contributed by atoms with Crippen LogP contribution in [0.15, 0.2) is 27.1 Å². The summed E-state index contributed by atoms with van der Waals surface area (Å²) in [6.07, 6.45) is 0. The zero-order valence-corrected chi connectivity index (χ0v) is 13.5.